The van der Waals surface area contributed by atoms with Crippen LogP contribution in [0.1, 0.15) is 19.4 Å². The Labute approximate surface area is 165 Å². The van der Waals surface area contributed by atoms with Crippen molar-refractivity contribution in [2.24, 2.45) is 0 Å². The average Bonchev–Trinajstić information content (AvgIpc) is 2.68. The Bertz CT molecular complexity index is 1030. The van der Waals surface area contributed by atoms with E-state index in [0.717, 1.165) is 16.2 Å². The van der Waals surface area contributed by atoms with Crippen molar-refractivity contribution < 1.29 is 13.2 Å². The zero-order valence-electron chi connectivity index (χ0n) is 15.9. The van der Waals surface area contributed by atoms with Crippen molar-refractivity contribution in [2.45, 2.75) is 25.3 Å². The summed E-state index contributed by atoms with van der Waals surface area (Å²) in [4.78, 5) is 24.1. The molecule has 2 rings (SSSR count). The zero-order chi connectivity index (χ0) is 20.6. The summed E-state index contributed by atoms with van der Waals surface area (Å²) >= 11 is 0. The van der Waals surface area contributed by atoms with Crippen LogP contribution in [0.5, 0.6) is 0 Å². The highest BCUT2D eigenvalue weighted by Gasteiger charge is 2.22. The van der Waals surface area contributed by atoms with Gasteiger partial charge in [-0.2, -0.15) is 4.31 Å². The molecule has 0 saturated carbocycles. The van der Waals surface area contributed by atoms with E-state index in [-0.39, 0.29) is 18.0 Å². The molecule has 8 heteroatoms. The summed E-state index contributed by atoms with van der Waals surface area (Å²) in [6.45, 7) is 3.95. The molecular formula is C20H23N3O4S. The summed E-state index contributed by atoms with van der Waals surface area (Å²) in [5.74, 6) is 5.31. The minimum Gasteiger partial charge on any atom is -0.344 e. The Morgan fingerprint density at radius 1 is 1.11 bits per heavy atom. The van der Waals surface area contributed by atoms with Crippen LogP contribution in [0.25, 0.3) is 0 Å². The van der Waals surface area contributed by atoms with E-state index in [1.165, 1.54) is 16.6 Å². The molecule has 0 fully saturated rings. The predicted octanol–water partition coefficient (Wildman–Crippen LogP) is 1.05. The lowest BCUT2D eigenvalue weighted by atomic mass is 10.2. The molecule has 0 aliphatic carbocycles. The first-order valence-electron chi connectivity index (χ1n) is 8.89. The van der Waals surface area contributed by atoms with Crippen LogP contribution in [0.4, 0.5) is 0 Å². The van der Waals surface area contributed by atoms with Crippen molar-refractivity contribution in [2.75, 3.05) is 19.6 Å². The van der Waals surface area contributed by atoms with Gasteiger partial charge in [-0.25, -0.2) is 8.42 Å². The molecule has 0 spiro atoms. The van der Waals surface area contributed by atoms with E-state index in [0.29, 0.717) is 13.1 Å². The smallest absolute Gasteiger partial charge is 0.251 e. The Hall–Kier alpha value is -2.89. The largest absolute Gasteiger partial charge is 0.344 e. The number of hydrogen-bond donors (Lipinski definition) is 1. The third kappa shape index (κ3) is 5.55. The number of aromatic nitrogens is 1. The predicted molar refractivity (Wildman–Crippen MR) is 107 cm³/mol. The van der Waals surface area contributed by atoms with E-state index in [9.17, 15) is 18.0 Å². The van der Waals surface area contributed by atoms with Gasteiger partial charge in [0.25, 0.3) is 5.56 Å². The molecular weight excluding hydrogens is 378 g/mol. The monoisotopic (exact) mass is 401 g/mol. The second kappa shape index (κ2) is 9.88. The third-order valence-corrected chi connectivity index (χ3v) is 6.03. The van der Waals surface area contributed by atoms with Crippen molar-refractivity contribution in [1.29, 1.82) is 0 Å². The maximum atomic E-state index is 12.6. The summed E-state index contributed by atoms with van der Waals surface area (Å²) in [5.41, 5.74) is 0.381. The van der Waals surface area contributed by atoms with Gasteiger partial charge >= 0.3 is 0 Å². The van der Waals surface area contributed by atoms with E-state index < -0.39 is 21.5 Å². The van der Waals surface area contributed by atoms with Crippen LogP contribution in [0, 0.1) is 11.8 Å². The van der Waals surface area contributed by atoms with Crippen LogP contribution in [-0.4, -0.2) is 42.8 Å². The lowest BCUT2D eigenvalue weighted by Gasteiger charge is -2.18. The van der Waals surface area contributed by atoms with Gasteiger partial charge in [-0.15, -0.1) is 0 Å². The maximum Gasteiger partial charge on any atom is 0.251 e. The van der Waals surface area contributed by atoms with E-state index >= 15 is 0 Å². The molecule has 1 N–H and O–H groups in total. The molecule has 148 valence electrons. The van der Waals surface area contributed by atoms with Gasteiger partial charge in [0.2, 0.25) is 15.9 Å². The quantitative estimate of drug-likeness (QED) is 0.703. The Morgan fingerprint density at radius 2 is 1.79 bits per heavy atom. The fourth-order valence-electron chi connectivity index (χ4n) is 2.52. The molecule has 1 heterocycles. The van der Waals surface area contributed by atoms with Crippen LogP contribution < -0.4 is 10.9 Å². The Morgan fingerprint density at radius 3 is 2.43 bits per heavy atom. The second-order valence-corrected chi connectivity index (χ2v) is 7.80. The highest BCUT2D eigenvalue weighted by Crippen LogP contribution is 2.13. The van der Waals surface area contributed by atoms with Crippen molar-refractivity contribution in [3.63, 3.8) is 0 Å². The molecule has 0 radical (unpaired) electrons. The average molecular weight is 401 g/mol. The number of sulfonamides is 1. The molecule has 1 aromatic carbocycles. The number of carbonyl (C=O) groups is 1. The minimum atomic E-state index is -3.71. The molecule has 7 nitrogen and oxygen atoms in total. The molecule has 28 heavy (non-hydrogen) atoms. The number of benzene rings is 1. The topological polar surface area (TPSA) is 88.5 Å². The normalized spacial score (nSPS) is 11.0. The number of hydrogen-bond acceptors (Lipinski definition) is 4. The van der Waals surface area contributed by atoms with Gasteiger partial charge in [-0.1, -0.05) is 43.9 Å². The van der Waals surface area contributed by atoms with Gasteiger partial charge in [0.05, 0.1) is 11.4 Å². The van der Waals surface area contributed by atoms with Crippen molar-refractivity contribution >= 4 is 15.9 Å². The third-order valence-electron chi connectivity index (χ3n) is 3.99. The molecule has 0 atom stereocenters. The summed E-state index contributed by atoms with van der Waals surface area (Å²) in [6.07, 6.45) is 1.20. The van der Waals surface area contributed by atoms with Crippen molar-refractivity contribution in [3.8, 4) is 11.8 Å². The summed E-state index contributed by atoms with van der Waals surface area (Å²) in [6, 6.07) is 11.8. The van der Waals surface area contributed by atoms with E-state index in [1.807, 2.05) is 30.3 Å². The molecule has 2 aromatic rings. The first-order valence-corrected chi connectivity index (χ1v) is 10.3. The lowest BCUT2D eigenvalue weighted by molar-refractivity contribution is -0.121. The lowest BCUT2D eigenvalue weighted by Crippen LogP contribution is -2.34. The summed E-state index contributed by atoms with van der Waals surface area (Å²) in [5, 5.41) is 2.60. The van der Waals surface area contributed by atoms with Crippen molar-refractivity contribution in [1.82, 2.24) is 14.2 Å². The Kier molecular flexibility index (Phi) is 7.55. The first-order chi connectivity index (χ1) is 13.4. The standard InChI is InChI=1S/C20H23N3O4S/c1-3-23(4-2)28(26,27)18-12-13-20(25)22(15-18)16-19(24)21-14-8-11-17-9-6-5-7-10-17/h5-7,9-10,12-13,15H,3-4,14,16H2,1-2H3,(H,21,24). The second-order valence-electron chi connectivity index (χ2n) is 5.86. The molecule has 0 saturated heterocycles. The number of nitrogens with one attached hydrogen (secondary N) is 1. The van der Waals surface area contributed by atoms with Crippen LogP contribution in [0.2, 0.25) is 0 Å². The van der Waals surface area contributed by atoms with Crippen LogP contribution in [0.3, 0.4) is 0 Å². The first kappa shape index (κ1) is 21.4. The van der Waals surface area contributed by atoms with E-state index in [1.54, 1.807) is 13.8 Å². The van der Waals surface area contributed by atoms with Gasteiger partial charge < -0.3 is 9.88 Å². The van der Waals surface area contributed by atoms with E-state index in [2.05, 4.69) is 17.2 Å². The van der Waals surface area contributed by atoms with Gasteiger partial charge in [0.1, 0.15) is 6.54 Å². The molecule has 0 bridgehead atoms. The molecule has 0 unspecified atom stereocenters. The number of nitrogens with zero attached hydrogens (tertiary/aromatic N) is 2. The number of rotatable bonds is 7. The fraction of sp³-hybridized carbons (Fsp3) is 0.300. The molecule has 0 aliphatic rings. The van der Waals surface area contributed by atoms with Gasteiger partial charge in [-0.3, -0.25) is 9.59 Å². The number of carbonyl (C=O) groups excluding carboxylic acids is 1. The minimum absolute atomic E-state index is 0.0209. The van der Waals surface area contributed by atoms with Gasteiger partial charge in [0.15, 0.2) is 0 Å². The molecule has 0 aliphatic heterocycles. The van der Waals surface area contributed by atoms with Crippen LogP contribution in [-0.2, 0) is 21.4 Å². The zero-order valence-corrected chi connectivity index (χ0v) is 16.7. The number of amides is 1. The Balaban J connectivity index is 2.06. The highest BCUT2D eigenvalue weighted by atomic mass is 32.2. The van der Waals surface area contributed by atoms with Crippen LogP contribution >= 0.6 is 0 Å². The highest BCUT2D eigenvalue weighted by molar-refractivity contribution is 7.89. The van der Waals surface area contributed by atoms with Crippen LogP contribution in [0.15, 0.2) is 58.4 Å². The molecule has 1 aromatic heterocycles. The number of pyridine rings is 1. The fourth-order valence-corrected chi connectivity index (χ4v) is 4.00. The van der Waals surface area contributed by atoms with Crippen molar-refractivity contribution in [3.05, 3.63) is 64.6 Å². The summed E-state index contributed by atoms with van der Waals surface area (Å²) < 4.78 is 27.5. The SMILES string of the molecule is CCN(CC)S(=O)(=O)c1ccc(=O)n(CC(=O)NCC#Cc2ccccc2)c1. The maximum absolute atomic E-state index is 12.6. The summed E-state index contributed by atoms with van der Waals surface area (Å²) in [7, 11) is -3.71. The van der Waals surface area contributed by atoms with E-state index in [4.69, 9.17) is 0 Å². The van der Waals surface area contributed by atoms with Gasteiger partial charge in [0, 0.05) is 30.9 Å². The van der Waals surface area contributed by atoms with Gasteiger partial charge in [-0.05, 0) is 18.2 Å². The molecule has 1 amide bonds.